The van der Waals surface area contributed by atoms with E-state index >= 15 is 0 Å². The van der Waals surface area contributed by atoms with Gasteiger partial charge in [0, 0.05) is 6.42 Å². The van der Waals surface area contributed by atoms with Gasteiger partial charge in [0.2, 0.25) is 5.88 Å². The molecular weight excluding hydrogens is 364 g/mol. The highest BCUT2D eigenvalue weighted by Gasteiger charge is 2.17. The van der Waals surface area contributed by atoms with Crippen molar-refractivity contribution in [3.63, 3.8) is 0 Å². The quantitative estimate of drug-likeness (QED) is 0.683. The van der Waals surface area contributed by atoms with Crippen LogP contribution in [0, 0.1) is 0 Å². The fraction of sp³-hybridized carbons (Fsp3) is 0.250. The summed E-state index contributed by atoms with van der Waals surface area (Å²) >= 11 is 1.03. The number of benzene rings is 2. The van der Waals surface area contributed by atoms with E-state index in [9.17, 15) is 9.90 Å². The molecule has 2 aromatic carbocycles. The van der Waals surface area contributed by atoms with Gasteiger partial charge in [-0.15, -0.1) is 0 Å². The van der Waals surface area contributed by atoms with Gasteiger partial charge in [0.05, 0.1) is 23.7 Å². The Morgan fingerprint density at radius 1 is 1.19 bits per heavy atom. The van der Waals surface area contributed by atoms with Gasteiger partial charge in [-0.3, -0.25) is 9.78 Å². The molecular formula is C20H20N2O4S. The monoisotopic (exact) mass is 384 g/mol. The van der Waals surface area contributed by atoms with E-state index in [1.807, 2.05) is 42.5 Å². The lowest BCUT2D eigenvalue weighted by Crippen LogP contribution is -2.35. The van der Waals surface area contributed by atoms with Gasteiger partial charge in [0.25, 0.3) is 0 Å². The molecule has 0 atom stereocenters. The van der Waals surface area contributed by atoms with E-state index in [4.69, 9.17) is 9.47 Å². The van der Waals surface area contributed by atoms with E-state index in [0.29, 0.717) is 24.5 Å². The number of thiazole rings is 1. The van der Waals surface area contributed by atoms with Crippen LogP contribution >= 0.6 is 11.3 Å². The SMILES string of the molecule is O=c1[nH]c(O)c(Cc2ccc(OCCN3CCOc4ccccc43)cc2)s1. The van der Waals surface area contributed by atoms with E-state index in [-0.39, 0.29) is 10.8 Å². The van der Waals surface area contributed by atoms with Crippen molar-refractivity contribution in [1.29, 1.82) is 0 Å². The van der Waals surface area contributed by atoms with Crippen molar-refractivity contribution in [3.8, 4) is 17.4 Å². The van der Waals surface area contributed by atoms with Crippen molar-refractivity contribution in [2.45, 2.75) is 6.42 Å². The summed E-state index contributed by atoms with van der Waals surface area (Å²) in [5, 5.41) is 9.67. The van der Waals surface area contributed by atoms with Gasteiger partial charge in [0.1, 0.15) is 24.7 Å². The smallest absolute Gasteiger partial charge is 0.307 e. The third-order valence-corrected chi connectivity index (χ3v) is 5.31. The van der Waals surface area contributed by atoms with Crippen LogP contribution in [0.5, 0.6) is 17.4 Å². The molecule has 7 heteroatoms. The summed E-state index contributed by atoms with van der Waals surface area (Å²) in [5.41, 5.74) is 2.11. The lowest BCUT2D eigenvalue weighted by atomic mass is 10.1. The first-order valence-corrected chi connectivity index (χ1v) is 9.60. The first kappa shape index (κ1) is 17.5. The van der Waals surface area contributed by atoms with Crippen LogP contribution in [0.2, 0.25) is 0 Å². The minimum absolute atomic E-state index is 0.0453. The van der Waals surface area contributed by atoms with Gasteiger partial charge in [-0.1, -0.05) is 35.6 Å². The molecule has 1 aliphatic heterocycles. The van der Waals surface area contributed by atoms with Crippen molar-refractivity contribution < 1.29 is 14.6 Å². The van der Waals surface area contributed by atoms with Gasteiger partial charge >= 0.3 is 4.87 Å². The average molecular weight is 384 g/mol. The number of hydrogen-bond acceptors (Lipinski definition) is 6. The van der Waals surface area contributed by atoms with E-state index < -0.39 is 0 Å². The number of aromatic hydroxyl groups is 1. The van der Waals surface area contributed by atoms with Gasteiger partial charge in [0.15, 0.2) is 0 Å². The lowest BCUT2D eigenvalue weighted by molar-refractivity contribution is 0.288. The molecule has 0 unspecified atom stereocenters. The Kier molecular flexibility index (Phi) is 5.02. The molecule has 4 rings (SSSR count). The molecule has 0 spiro atoms. The van der Waals surface area contributed by atoms with Gasteiger partial charge in [-0.05, 0) is 29.8 Å². The minimum Gasteiger partial charge on any atom is -0.494 e. The normalized spacial score (nSPS) is 13.1. The maximum Gasteiger partial charge on any atom is 0.307 e. The Morgan fingerprint density at radius 3 is 2.78 bits per heavy atom. The molecule has 1 aliphatic rings. The Bertz CT molecular complexity index is 965. The zero-order valence-electron chi connectivity index (χ0n) is 14.7. The third-order valence-electron chi connectivity index (χ3n) is 4.44. The number of aromatic nitrogens is 1. The molecule has 0 radical (unpaired) electrons. The summed E-state index contributed by atoms with van der Waals surface area (Å²) in [6.07, 6.45) is 0.514. The zero-order chi connectivity index (χ0) is 18.6. The summed E-state index contributed by atoms with van der Waals surface area (Å²) < 4.78 is 11.5. The number of rotatable bonds is 6. The number of nitrogens with one attached hydrogen (secondary N) is 1. The maximum absolute atomic E-state index is 11.3. The first-order valence-electron chi connectivity index (χ1n) is 8.78. The predicted molar refractivity (Wildman–Crippen MR) is 105 cm³/mol. The number of anilines is 1. The van der Waals surface area contributed by atoms with E-state index in [2.05, 4.69) is 16.0 Å². The standard InChI is InChI=1S/C20H20N2O4S/c23-19-18(27-20(24)21-19)13-14-5-7-15(8-6-14)25-11-9-22-10-12-26-17-4-2-1-3-16(17)22/h1-8,23H,9-13H2,(H,21,24). The summed E-state index contributed by atoms with van der Waals surface area (Å²) in [6.45, 7) is 2.90. The van der Waals surface area contributed by atoms with Crippen molar-refractivity contribution >= 4 is 17.0 Å². The fourth-order valence-corrected chi connectivity index (χ4v) is 3.85. The number of fused-ring (bicyclic) bond motifs is 1. The van der Waals surface area contributed by atoms with E-state index in [1.54, 1.807) is 0 Å². The number of H-pyrrole nitrogens is 1. The van der Waals surface area contributed by atoms with Crippen LogP contribution in [0.1, 0.15) is 10.4 Å². The van der Waals surface area contributed by atoms with Crippen LogP contribution in [-0.2, 0) is 6.42 Å². The fourth-order valence-electron chi connectivity index (χ4n) is 3.09. The molecule has 1 aromatic heterocycles. The van der Waals surface area contributed by atoms with E-state index in [0.717, 1.165) is 47.2 Å². The Hall–Kier alpha value is -2.93. The molecule has 6 nitrogen and oxygen atoms in total. The Morgan fingerprint density at radius 2 is 2.00 bits per heavy atom. The number of aromatic amines is 1. The molecule has 0 saturated heterocycles. The number of ether oxygens (including phenoxy) is 2. The third kappa shape index (κ3) is 4.09. The number of para-hydroxylation sites is 2. The molecule has 2 heterocycles. The highest BCUT2D eigenvalue weighted by molar-refractivity contribution is 7.09. The summed E-state index contributed by atoms with van der Waals surface area (Å²) in [7, 11) is 0. The molecule has 27 heavy (non-hydrogen) atoms. The first-order chi connectivity index (χ1) is 13.2. The van der Waals surface area contributed by atoms with Crippen LogP contribution in [0.25, 0.3) is 0 Å². The van der Waals surface area contributed by atoms with Crippen molar-refractivity contribution in [2.24, 2.45) is 0 Å². The van der Waals surface area contributed by atoms with Gasteiger partial charge in [-0.2, -0.15) is 0 Å². The highest BCUT2D eigenvalue weighted by atomic mass is 32.1. The number of hydrogen-bond donors (Lipinski definition) is 2. The summed E-state index contributed by atoms with van der Waals surface area (Å²) in [5.74, 6) is 1.67. The predicted octanol–water partition coefficient (Wildman–Crippen LogP) is 3.01. The summed E-state index contributed by atoms with van der Waals surface area (Å²) in [4.78, 5) is 16.3. The Labute approximate surface area is 160 Å². The molecule has 0 amide bonds. The van der Waals surface area contributed by atoms with Crippen molar-refractivity contribution in [2.75, 3.05) is 31.2 Å². The van der Waals surface area contributed by atoms with Crippen LogP contribution in [0.3, 0.4) is 0 Å². The molecule has 2 N–H and O–H groups in total. The molecule has 0 saturated carbocycles. The molecule has 0 fully saturated rings. The second-order valence-corrected chi connectivity index (χ2v) is 7.33. The average Bonchev–Trinajstić information content (AvgIpc) is 3.00. The largest absolute Gasteiger partial charge is 0.494 e. The zero-order valence-corrected chi connectivity index (χ0v) is 15.5. The minimum atomic E-state index is -0.243. The summed E-state index contributed by atoms with van der Waals surface area (Å²) in [6, 6.07) is 15.8. The van der Waals surface area contributed by atoms with Gasteiger partial charge in [-0.25, -0.2) is 0 Å². The molecule has 3 aromatic rings. The van der Waals surface area contributed by atoms with E-state index in [1.165, 1.54) is 0 Å². The van der Waals surface area contributed by atoms with Crippen LogP contribution in [-0.4, -0.2) is 36.4 Å². The van der Waals surface area contributed by atoms with Crippen molar-refractivity contribution in [1.82, 2.24) is 4.98 Å². The van der Waals surface area contributed by atoms with Crippen LogP contribution < -0.4 is 19.2 Å². The second-order valence-electron chi connectivity index (χ2n) is 6.26. The highest BCUT2D eigenvalue weighted by Crippen LogP contribution is 2.30. The second kappa shape index (κ2) is 7.75. The molecule has 0 aliphatic carbocycles. The topological polar surface area (TPSA) is 74.8 Å². The van der Waals surface area contributed by atoms with Crippen LogP contribution in [0.4, 0.5) is 5.69 Å². The molecule has 0 bridgehead atoms. The molecule has 140 valence electrons. The maximum atomic E-state index is 11.3. The van der Waals surface area contributed by atoms with Gasteiger partial charge < -0.3 is 19.5 Å². The van der Waals surface area contributed by atoms with Crippen LogP contribution in [0.15, 0.2) is 53.3 Å². The van der Waals surface area contributed by atoms with Crippen molar-refractivity contribution in [3.05, 3.63) is 68.6 Å². The lowest BCUT2D eigenvalue weighted by Gasteiger charge is -2.31. The number of nitrogens with zero attached hydrogens (tertiary/aromatic N) is 1. The Balaban J connectivity index is 1.32.